The number of ether oxygens (including phenoxy) is 2. The van der Waals surface area contributed by atoms with Crippen LogP contribution in [0.3, 0.4) is 0 Å². The summed E-state index contributed by atoms with van der Waals surface area (Å²) < 4.78 is 10.4. The number of rotatable bonds is 4. The van der Waals surface area contributed by atoms with Crippen molar-refractivity contribution in [2.24, 2.45) is 0 Å². The fourth-order valence-electron chi connectivity index (χ4n) is 1.54. The maximum absolute atomic E-state index is 8.98. The van der Waals surface area contributed by atoms with Crippen molar-refractivity contribution in [1.82, 2.24) is 9.97 Å². The summed E-state index contributed by atoms with van der Waals surface area (Å²) in [6.45, 7) is 0. The summed E-state index contributed by atoms with van der Waals surface area (Å²) in [4.78, 5) is 7.83. The van der Waals surface area contributed by atoms with Crippen molar-refractivity contribution in [3.05, 3.63) is 36.3 Å². The molecule has 2 rings (SSSR count). The molecule has 0 unspecified atom stereocenters. The van der Waals surface area contributed by atoms with Crippen LogP contribution in [0.4, 0.5) is 11.5 Å². The number of benzene rings is 1. The first-order valence-corrected chi connectivity index (χ1v) is 5.47. The minimum absolute atomic E-state index is 0.361. The fraction of sp³-hybridized carbons (Fsp3) is 0.154. The molecule has 0 aliphatic heterocycles. The minimum atomic E-state index is 0.361. The van der Waals surface area contributed by atoms with Gasteiger partial charge in [0.2, 0.25) is 0 Å². The third-order valence-electron chi connectivity index (χ3n) is 2.49. The number of nitrogens with zero attached hydrogens (tertiary/aromatic N) is 3. The van der Waals surface area contributed by atoms with Crippen LogP contribution < -0.4 is 14.8 Å². The summed E-state index contributed by atoms with van der Waals surface area (Å²) in [6.07, 6.45) is 2.82. The van der Waals surface area contributed by atoms with Gasteiger partial charge in [0.25, 0.3) is 0 Å². The Morgan fingerprint density at radius 3 is 2.79 bits per heavy atom. The Balaban J connectivity index is 2.36. The van der Waals surface area contributed by atoms with E-state index in [2.05, 4.69) is 15.3 Å². The molecule has 19 heavy (non-hydrogen) atoms. The highest BCUT2D eigenvalue weighted by Crippen LogP contribution is 2.31. The van der Waals surface area contributed by atoms with E-state index in [1.807, 2.05) is 6.07 Å². The van der Waals surface area contributed by atoms with Crippen molar-refractivity contribution in [3.63, 3.8) is 0 Å². The van der Waals surface area contributed by atoms with Crippen LogP contribution >= 0.6 is 0 Å². The van der Waals surface area contributed by atoms with E-state index in [0.717, 1.165) is 0 Å². The predicted molar refractivity (Wildman–Crippen MR) is 69.6 cm³/mol. The van der Waals surface area contributed by atoms with Crippen LogP contribution in [-0.4, -0.2) is 24.2 Å². The average Bonchev–Trinajstić information content (AvgIpc) is 2.48. The van der Waals surface area contributed by atoms with Gasteiger partial charge in [0.05, 0.1) is 26.1 Å². The van der Waals surface area contributed by atoms with Crippen molar-refractivity contribution >= 4 is 11.5 Å². The lowest BCUT2D eigenvalue weighted by Crippen LogP contribution is -2.00. The smallest absolute Gasteiger partial charge is 0.151 e. The molecule has 0 fully saturated rings. The van der Waals surface area contributed by atoms with Crippen molar-refractivity contribution < 1.29 is 9.47 Å². The summed E-state index contributed by atoms with van der Waals surface area (Å²) in [5.74, 6) is 1.72. The quantitative estimate of drug-likeness (QED) is 0.902. The summed E-state index contributed by atoms with van der Waals surface area (Å²) in [6, 6.07) is 7.35. The molecular weight excluding hydrogens is 244 g/mol. The largest absolute Gasteiger partial charge is 0.497 e. The molecule has 0 amide bonds. The number of anilines is 2. The third kappa shape index (κ3) is 2.72. The number of methoxy groups -OCH3 is 2. The van der Waals surface area contributed by atoms with E-state index < -0.39 is 0 Å². The zero-order valence-electron chi connectivity index (χ0n) is 10.5. The highest BCUT2D eigenvalue weighted by atomic mass is 16.5. The summed E-state index contributed by atoms with van der Waals surface area (Å²) in [5.41, 5.74) is 1.05. The molecular formula is C13H12N4O2. The monoisotopic (exact) mass is 256 g/mol. The van der Waals surface area contributed by atoms with Gasteiger partial charge in [-0.2, -0.15) is 5.26 Å². The van der Waals surface area contributed by atoms with Crippen molar-refractivity contribution in [1.29, 1.82) is 5.26 Å². The van der Waals surface area contributed by atoms with E-state index in [1.54, 1.807) is 32.4 Å². The lowest BCUT2D eigenvalue weighted by Gasteiger charge is -2.12. The minimum Gasteiger partial charge on any atom is -0.497 e. The molecule has 0 saturated heterocycles. The molecule has 2 aromatic rings. The summed E-state index contributed by atoms with van der Waals surface area (Å²) in [5, 5.41) is 12.0. The van der Waals surface area contributed by atoms with Crippen LogP contribution in [0.25, 0.3) is 0 Å². The second-order valence-electron chi connectivity index (χ2n) is 3.59. The van der Waals surface area contributed by atoms with Gasteiger partial charge in [-0.15, -0.1) is 0 Å². The van der Waals surface area contributed by atoms with Gasteiger partial charge in [0, 0.05) is 6.07 Å². The zero-order chi connectivity index (χ0) is 13.7. The van der Waals surface area contributed by atoms with E-state index in [0.29, 0.717) is 28.6 Å². The van der Waals surface area contributed by atoms with Crippen molar-refractivity contribution in [2.75, 3.05) is 19.5 Å². The molecule has 6 nitrogen and oxygen atoms in total. The van der Waals surface area contributed by atoms with Gasteiger partial charge >= 0.3 is 0 Å². The van der Waals surface area contributed by atoms with E-state index in [9.17, 15) is 0 Å². The molecule has 1 N–H and O–H groups in total. The number of hydrogen-bond acceptors (Lipinski definition) is 6. The van der Waals surface area contributed by atoms with E-state index in [4.69, 9.17) is 14.7 Å². The fourth-order valence-corrected chi connectivity index (χ4v) is 1.54. The molecule has 0 radical (unpaired) electrons. The SMILES string of the molecule is COc1ccc(Nc2ncncc2C#N)c(OC)c1. The van der Waals surface area contributed by atoms with Crippen LogP contribution in [0.2, 0.25) is 0 Å². The molecule has 0 saturated carbocycles. The molecule has 0 aliphatic rings. The Bertz CT molecular complexity index is 622. The Labute approximate surface area is 110 Å². The van der Waals surface area contributed by atoms with Gasteiger partial charge < -0.3 is 14.8 Å². The highest BCUT2D eigenvalue weighted by molar-refractivity contribution is 5.68. The maximum atomic E-state index is 8.98. The first kappa shape index (κ1) is 12.6. The highest BCUT2D eigenvalue weighted by Gasteiger charge is 2.08. The third-order valence-corrected chi connectivity index (χ3v) is 2.49. The Hall–Kier alpha value is -2.81. The van der Waals surface area contributed by atoms with Crippen LogP contribution in [0.5, 0.6) is 11.5 Å². The Morgan fingerprint density at radius 2 is 2.11 bits per heavy atom. The van der Waals surface area contributed by atoms with Crippen molar-refractivity contribution in [2.45, 2.75) is 0 Å². The number of hydrogen-bond donors (Lipinski definition) is 1. The van der Waals surface area contributed by atoms with E-state index in [-0.39, 0.29) is 0 Å². The normalized spacial score (nSPS) is 9.53. The predicted octanol–water partition coefficient (Wildman–Crippen LogP) is 2.11. The Morgan fingerprint density at radius 1 is 1.26 bits per heavy atom. The van der Waals surface area contributed by atoms with Gasteiger partial charge in [-0.1, -0.05) is 0 Å². The molecule has 1 aromatic carbocycles. The van der Waals surface area contributed by atoms with Crippen molar-refractivity contribution in [3.8, 4) is 17.6 Å². The maximum Gasteiger partial charge on any atom is 0.151 e. The van der Waals surface area contributed by atoms with Gasteiger partial charge in [0.1, 0.15) is 29.5 Å². The topological polar surface area (TPSA) is 80.1 Å². The van der Waals surface area contributed by atoms with Crippen LogP contribution in [0.15, 0.2) is 30.7 Å². The molecule has 0 spiro atoms. The molecule has 1 aromatic heterocycles. The number of nitrogens with one attached hydrogen (secondary N) is 1. The number of aromatic nitrogens is 2. The molecule has 0 bridgehead atoms. The van der Waals surface area contributed by atoms with Gasteiger partial charge in [0.15, 0.2) is 5.82 Å². The lowest BCUT2D eigenvalue weighted by molar-refractivity contribution is 0.395. The molecule has 6 heteroatoms. The standard InChI is InChI=1S/C13H12N4O2/c1-18-10-3-4-11(12(5-10)19-2)17-13-9(6-14)7-15-8-16-13/h3-5,7-8H,1-2H3,(H,15,16,17). The summed E-state index contributed by atoms with van der Waals surface area (Å²) >= 11 is 0. The first-order valence-electron chi connectivity index (χ1n) is 5.47. The molecule has 0 atom stereocenters. The van der Waals surface area contributed by atoms with E-state index >= 15 is 0 Å². The van der Waals surface area contributed by atoms with Gasteiger partial charge in [-0.25, -0.2) is 9.97 Å². The van der Waals surface area contributed by atoms with Crippen LogP contribution in [-0.2, 0) is 0 Å². The van der Waals surface area contributed by atoms with E-state index in [1.165, 1.54) is 12.5 Å². The lowest BCUT2D eigenvalue weighted by atomic mass is 10.2. The van der Waals surface area contributed by atoms with Crippen LogP contribution in [0.1, 0.15) is 5.56 Å². The van der Waals surface area contributed by atoms with Gasteiger partial charge in [-0.05, 0) is 12.1 Å². The van der Waals surface area contributed by atoms with Crippen LogP contribution in [0, 0.1) is 11.3 Å². The second-order valence-corrected chi connectivity index (χ2v) is 3.59. The molecule has 1 heterocycles. The molecule has 96 valence electrons. The Kier molecular flexibility index (Phi) is 3.78. The first-order chi connectivity index (χ1) is 9.28. The average molecular weight is 256 g/mol. The zero-order valence-corrected chi connectivity index (χ0v) is 10.5. The summed E-state index contributed by atoms with van der Waals surface area (Å²) in [7, 11) is 3.14. The second kappa shape index (κ2) is 5.69. The number of nitriles is 1. The van der Waals surface area contributed by atoms with Gasteiger partial charge in [-0.3, -0.25) is 0 Å². The molecule has 0 aliphatic carbocycles.